The van der Waals surface area contributed by atoms with Gasteiger partial charge in [0.1, 0.15) is 12.3 Å². The van der Waals surface area contributed by atoms with E-state index in [1.807, 2.05) is 31.3 Å². The molecule has 3 N–H and O–H groups in total. The van der Waals surface area contributed by atoms with E-state index >= 15 is 0 Å². The molecule has 0 saturated heterocycles. The van der Waals surface area contributed by atoms with Gasteiger partial charge in [-0.1, -0.05) is 19.3 Å². The summed E-state index contributed by atoms with van der Waals surface area (Å²) in [5.41, 5.74) is 1.26. The molecule has 0 aliphatic heterocycles. The number of hydrogen-bond acceptors (Lipinski definition) is 2. The van der Waals surface area contributed by atoms with E-state index in [1.165, 1.54) is 24.8 Å². The Morgan fingerprint density at radius 1 is 1.25 bits per heavy atom. The molecule has 1 aliphatic carbocycles. The highest BCUT2D eigenvalue weighted by Crippen LogP contribution is 2.17. The largest absolute Gasteiger partial charge is 0.484 e. The summed E-state index contributed by atoms with van der Waals surface area (Å²) >= 11 is 0. The maximum atomic E-state index is 11.8. The molecule has 0 heterocycles. The Labute approximate surface area is 120 Å². The summed E-state index contributed by atoms with van der Waals surface area (Å²) in [4.78, 5) is 11.8. The standard InChI is InChI=1S/C16H24N2O2/c1-17-11-13-7-9-15(10-8-13)20-12-16(19)18-14-5-3-2-4-6-14/h7-10,14,17H,2-6,11-12H2,1H3,(H,18,19)/p+1. The van der Waals surface area contributed by atoms with Gasteiger partial charge in [0, 0.05) is 11.6 Å². The van der Waals surface area contributed by atoms with Crippen molar-refractivity contribution >= 4 is 5.91 Å². The minimum absolute atomic E-state index is 0.0112. The van der Waals surface area contributed by atoms with E-state index in [4.69, 9.17) is 4.74 Å². The zero-order valence-corrected chi connectivity index (χ0v) is 12.2. The van der Waals surface area contributed by atoms with Crippen molar-refractivity contribution in [3.8, 4) is 5.75 Å². The van der Waals surface area contributed by atoms with Crippen molar-refractivity contribution in [2.24, 2.45) is 0 Å². The fourth-order valence-corrected chi connectivity index (χ4v) is 2.62. The Morgan fingerprint density at radius 3 is 2.60 bits per heavy atom. The lowest BCUT2D eigenvalue weighted by molar-refractivity contribution is -0.643. The van der Waals surface area contributed by atoms with Gasteiger partial charge in [0.15, 0.2) is 6.61 Å². The normalized spacial score (nSPS) is 15.8. The summed E-state index contributed by atoms with van der Waals surface area (Å²) in [6, 6.07) is 8.27. The summed E-state index contributed by atoms with van der Waals surface area (Å²) in [5, 5.41) is 5.17. The molecular formula is C16H25N2O2+. The molecule has 0 bridgehead atoms. The minimum Gasteiger partial charge on any atom is -0.484 e. The van der Waals surface area contributed by atoms with E-state index in [0.717, 1.165) is 25.1 Å². The number of rotatable bonds is 6. The van der Waals surface area contributed by atoms with Crippen LogP contribution in [0.4, 0.5) is 0 Å². The van der Waals surface area contributed by atoms with Crippen LogP contribution in [0.3, 0.4) is 0 Å². The zero-order chi connectivity index (χ0) is 14.2. The highest BCUT2D eigenvalue weighted by molar-refractivity contribution is 5.77. The molecule has 0 unspecified atom stereocenters. The number of benzene rings is 1. The molecule has 1 aromatic rings. The lowest BCUT2D eigenvalue weighted by atomic mass is 9.95. The molecule has 0 radical (unpaired) electrons. The van der Waals surface area contributed by atoms with E-state index in [-0.39, 0.29) is 12.5 Å². The van der Waals surface area contributed by atoms with Crippen LogP contribution < -0.4 is 15.4 Å². The van der Waals surface area contributed by atoms with Crippen LogP contribution in [-0.2, 0) is 11.3 Å². The van der Waals surface area contributed by atoms with Gasteiger partial charge in [0.25, 0.3) is 5.91 Å². The lowest BCUT2D eigenvalue weighted by Crippen LogP contribution is -2.77. The SMILES string of the molecule is C[NH2+]Cc1ccc(OCC(=O)NC2CCCCC2)cc1. The van der Waals surface area contributed by atoms with Crippen LogP contribution in [0, 0.1) is 0 Å². The van der Waals surface area contributed by atoms with Crippen molar-refractivity contribution < 1.29 is 14.8 Å². The Kier molecular flexibility index (Phi) is 5.87. The third-order valence-corrected chi connectivity index (χ3v) is 3.70. The number of amides is 1. The first kappa shape index (κ1) is 14.9. The Morgan fingerprint density at radius 2 is 1.95 bits per heavy atom. The quantitative estimate of drug-likeness (QED) is 0.821. The molecule has 1 aliphatic rings. The number of carbonyl (C=O) groups is 1. The van der Waals surface area contributed by atoms with E-state index in [1.54, 1.807) is 0 Å². The fraction of sp³-hybridized carbons (Fsp3) is 0.562. The van der Waals surface area contributed by atoms with Crippen LogP contribution in [-0.4, -0.2) is 25.6 Å². The van der Waals surface area contributed by atoms with E-state index in [0.29, 0.717) is 6.04 Å². The van der Waals surface area contributed by atoms with Crippen molar-refractivity contribution in [2.75, 3.05) is 13.7 Å². The first-order chi connectivity index (χ1) is 9.78. The first-order valence-electron chi connectivity index (χ1n) is 7.57. The number of hydrogen-bond donors (Lipinski definition) is 2. The molecule has 0 aromatic heterocycles. The molecule has 20 heavy (non-hydrogen) atoms. The molecule has 4 heteroatoms. The van der Waals surface area contributed by atoms with E-state index < -0.39 is 0 Å². The monoisotopic (exact) mass is 277 g/mol. The van der Waals surface area contributed by atoms with E-state index in [9.17, 15) is 4.79 Å². The summed E-state index contributed by atoms with van der Waals surface area (Å²) in [7, 11) is 2.04. The summed E-state index contributed by atoms with van der Waals surface area (Å²) < 4.78 is 5.52. The van der Waals surface area contributed by atoms with Gasteiger partial charge in [-0.3, -0.25) is 4.79 Å². The van der Waals surface area contributed by atoms with Gasteiger partial charge < -0.3 is 15.4 Å². The second-order valence-corrected chi connectivity index (χ2v) is 5.45. The zero-order valence-electron chi connectivity index (χ0n) is 12.2. The number of nitrogens with one attached hydrogen (secondary N) is 1. The molecular weight excluding hydrogens is 252 g/mol. The average molecular weight is 277 g/mol. The predicted molar refractivity (Wildman–Crippen MR) is 78.5 cm³/mol. The topological polar surface area (TPSA) is 54.9 Å². The van der Waals surface area contributed by atoms with Crippen LogP contribution in [0.25, 0.3) is 0 Å². The molecule has 1 amide bonds. The maximum absolute atomic E-state index is 11.8. The van der Waals surface area contributed by atoms with E-state index in [2.05, 4.69) is 10.6 Å². The highest BCUT2D eigenvalue weighted by atomic mass is 16.5. The minimum atomic E-state index is -0.0112. The van der Waals surface area contributed by atoms with Crippen LogP contribution in [0.1, 0.15) is 37.7 Å². The molecule has 110 valence electrons. The number of ether oxygens (including phenoxy) is 1. The Balaban J connectivity index is 1.72. The second-order valence-electron chi connectivity index (χ2n) is 5.45. The molecule has 1 fully saturated rings. The average Bonchev–Trinajstić information content (AvgIpc) is 2.48. The number of nitrogens with two attached hydrogens (primary N) is 1. The smallest absolute Gasteiger partial charge is 0.258 e. The van der Waals surface area contributed by atoms with Crippen molar-refractivity contribution in [3.05, 3.63) is 29.8 Å². The lowest BCUT2D eigenvalue weighted by Gasteiger charge is -2.22. The van der Waals surface area contributed by atoms with Crippen molar-refractivity contribution in [1.29, 1.82) is 0 Å². The van der Waals surface area contributed by atoms with Gasteiger partial charge >= 0.3 is 0 Å². The number of carbonyl (C=O) groups excluding carboxylic acids is 1. The fourth-order valence-electron chi connectivity index (χ4n) is 2.62. The van der Waals surface area contributed by atoms with Crippen LogP contribution in [0.5, 0.6) is 5.75 Å². The molecule has 2 rings (SSSR count). The van der Waals surface area contributed by atoms with Crippen molar-refractivity contribution in [1.82, 2.24) is 5.32 Å². The molecule has 0 spiro atoms. The van der Waals surface area contributed by atoms with Gasteiger partial charge in [0.2, 0.25) is 0 Å². The molecule has 0 atom stereocenters. The number of quaternary nitrogens is 1. The predicted octanol–water partition coefficient (Wildman–Crippen LogP) is 1.21. The van der Waals surface area contributed by atoms with Gasteiger partial charge in [-0.15, -0.1) is 0 Å². The van der Waals surface area contributed by atoms with Gasteiger partial charge in [-0.25, -0.2) is 0 Å². The van der Waals surface area contributed by atoms with Crippen molar-refractivity contribution in [3.63, 3.8) is 0 Å². The maximum Gasteiger partial charge on any atom is 0.258 e. The Hall–Kier alpha value is -1.55. The van der Waals surface area contributed by atoms with Gasteiger partial charge in [-0.05, 0) is 37.1 Å². The van der Waals surface area contributed by atoms with Crippen molar-refractivity contribution in [2.45, 2.75) is 44.7 Å². The second kappa shape index (κ2) is 7.90. The molecule has 1 aromatic carbocycles. The third-order valence-electron chi connectivity index (χ3n) is 3.70. The van der Waals surface area contributed by atoms with Gasteiger partial charge in [0.05, 0.1) is 7.05 Å². The first-order valence-corrected chi connectivity index (χ1v) is 7.57. The van der Waals surface area contributed by atoms with Gasteiger partial charge in [-0.2, -0.15) is 0 Å². The molecule has 1 saturated carbocycles. The summed E-state index contributed by atoms with van der Waals surface area (Å²) in [5.74, 6) is 0.742. The van der Waals surface area contributed by atoms with Crippen LogP contribution in [0.15, 0.2) is 24.3 Å². The molecule has 4 nitrogen and oxygen atoms in total. The van der Waals surface area contributed by atoms with Crippen LogP contribution >= 0.6 is 0 Å². The highest BCUT2D eigenvalue weighted by Gasteiger charge is 2.15. The summed E-state index contributed by atoms with van der Waals surface area (Å²) in [6.07, 6.45) is 5.95. The van der Waals surface area contributed by atoms with Crippen LogP contribution in [0.2, 0.25) is 0 Å². The Bertz CT molecular complexity index is 411. The third kappa shape index (κ3) is 4.85. The summed E-state index contributed by atoms with van der Waals surface area (Å²) in [6.45, 7) is 1.07.